The number of hydrazone groups is 1. The van der Waals surface area contributed by atoms with Gasteiger partial charge in [-0.15, -0.1) is 0 Å². The van der Waals surface area contributed by atoms with E-state index in [0.717, 1.165) is 28.2 Å². The smallest absolute Gasteiger partial charge is 0.282 e. The van der Waals surface area contributed by atoms with Gasteiger partial charge in [-0.3, -0.25) is 14.9 Å². The third kappa shape index (κ3) is 3.68. The number of nitro benzene ring substituents is 1. The van der Waals surface area contributed by atoms with Crippen LogP contribution in [0.5, 0.6) is 0 Å². The molecule has 0 bridgehead atoms. The molecule has 0 aliphatic rings. The Labute approximate surface area is 162 Å². The molecule has 28 heavy (non-hydrogen) atoms. The Kier molecular flexibility index (Phi) is 5.35. The third-order valence-corrected chi connectivity index (χ3v) is 4.54. The highest BCUT2D eigenvalue weighted by Crippen LogP contribution is 2.22. The molecule has 0 unspecified atom stereocenters. The SMILES string of the molecule is Cc1ccccc1-n1c(C)cc(/C=N\NC(=O)c2ccccc2[N+](=O)[O-])c1C. The van der Waals surface area contributed by atoms with Gasteiger partial charge in [-0.1, -0.05) is 30.3 Å². The van der Waals surface area contributed by atoms with E-state index in [1.807, 2.05) is 38.1 Å². The van der Waals surface area contributed by atoms with E-state index in [1.165, 1.54) is 18.2 Å². The zero-order chi connectivity index (χ0) is 20.3. The summed E-state index contributed by atoms with van der Waals surface area (Å²) >= 11 is 0. The molecule has 7 heteroatoms. The molecular formula is C21H20N4O3. The molecule has 2 aromatic carbocycles. The minimum absolute atomic E-state index is 0.0324. The molecule has 0 radical (unpaired) electrons. The standard InChI is InChI=1S/C21H20N4O3/c1-14-8-4-6-10-19(14)24-15(2)12-17(16(24)3)13-22-23-21(26)18-9-5-7-11-20(18)25(27)28/h4-13H,1-3H3,(H,23,26)/b22-13-. The Bertz CT molecular complexity index is 1080. The fourth-order valence-electron chi connectivity index (χ4n) is 3.15. The molecule has 142 valence electrons. The second kappa shape index (κ2) is 7.87. The summed E-state index contributed by atoms with van der Waals surface area (Å²) in [6.07, 6.45) is 1.55. The molecule has 3 rings (SSSR count). The van der Waals surface area contributed by atoms with Crippen molar-refractivity contribution >= 4 is 17.8 Å². The van der Waals surface area contributed by atoms with Crippen molar-refractivity contribution in [1.29, 1.82) is 0 Å². The van der Waals surface area contributed by atoms with E-state index in [0.29, 0.717) is 0 Å². The van der Waals surface area contributed by atoms with E-state index in [9.17, 15) is 14.9 Å². The Morgan fingerprint density at radius 3 is 2.50 bits per heavy atom. The molecule has 1 heterocycles. The molecule has 0 saturated carbocycles. The highest BCUT2D eigenvalue weighted by Gasteiger charge is 2.18. The van der Waals surface area contributed by atoms with Gasteiger partial charge in [0, 0.05) is 28.7 Å². The summed E-state index contributed by atoms with van der Waals surface area (Å²) in [6.45, 7) is 6.03. The predicted molar refractivity (Wildman–Crippen MR) is 108 cm³/mol. The van der Waals surface area contributed by atoms with Crippen LogP contribution in [-0.4, -0.2) is 21.6 Å². The number of nitrogens with zero attached hydrogens (tertiary/aromatic N) is 3. The summed E-state index contributed by atoms with van der Waals surface area (Å²) in [4.78, 5) is 22.7. The Morgan fingerprint density at radius 2 is 1.79 bits per heavy atom. The second-order valence-electron chi connectivity index (χ2n) is 6.42. The first kappa shape index (κ1) is 19.0. The molecule has 1 amide bonds. The average molecular weight is 376 g/mol. The summed E-state index contributed by atoms with van der Waals surface area (Å²) in [7, 11) is 0. The van der Waals surface area contributed by atoms with Crippen molar-refractivity contribution in [3.05, 3.63) is 92.8 Å². The number of hydrogen-bond acceptors (Lipinski definition) is 4. The van der Waals surface area contributed by atoms with Crippen LogP contribution in [0.15, 0.2) is 59.7 Å². The zero-order valence-electron chi connectivity index (χ0n) is 15.8. The first-order valence-corrected chi connectivity index (χ1v) is 8.72. The molecule has 0 aliphatic carbocycles. The minimum Gasteiger partial charge on any atom is -0.318 e. The Morgan fingerprint density at radius 1 is 1.11 bits per heavy atom. The number of carbonyl (C=O) groups excluding carboxylic acids is 1. The van der Waals surface area contributed by atoms with E-state index in [4.69, 9.17) is 0 Å². The van der Waals surface area contributed by atoms with Gasteiger partial charge >= 0.3 is 0 Å². The first-order valence-electron chi connectivity index (χ1n) is 8.72. The van der Waals surface area contributed by atoms with Crippen molar-refractivity contribution in [3.63, 3.8) is 0 Å². The Hall–Kier alpha value is -3.74. The molecule has 7 nitrogen and oxygen atoms in total. The summed E-state index contributed by atoms with van der Waals surface area (Å²) < 4.78 is 2.13. The van der Waals surface area contributed by atoms with Crippen LogP contribution < -0.4 is 5.43 Å². The number of aryl methyl sites for hydroxylation is 2. The lowest BCUT2D eigenvalue weighted by atomic mass is 10.2. The van der Waals surface area contributed by atoms with Gasteiger partial charge in [0.2, 0.25) is 0 Å². The third-order valence-electron chi connectivity index (χ3n) is 4.54. The van der Waals surface area contributed by atoms with Gasteiger partial charge in [0.15, 0.2) is 0 Å². The normalized spacial score (nSPS) is 11.0. The van der Waals surface area contributed by atoms with Crippen LogP contribution in [0.3, 0.4) is 0 Å². The second-order valence-corrected chi connectivity index (χ2v) is 6.42. The number of hydrogen-bond donors (Lipinski definition) is 1. The maximum Gasteiger partial charge on any atom is 0.282 e. The lowest BCUT2D eigenvalue weighted by molar-refractivity contribution is -0.385. The number of benzene rings is 2. The van der Waals surface area contributed by atoms with Crippen molar-refractivity contribution in [3.8, 4) is 5.69 Å². The number of nitro groups is 1. The quantitative estimate of drug-likeness (QED) is 0.413. The number of aromatic nitrogens is 1. The minimum atomic E-state index is -0.628. The van der Waals surface area contributed by atoms with E-state index >= 15 is 0 Å². The number of para-hydroxylation sites is 2. The van der Waals surface area contributed by atoms with Crippen LogP contribution >= 0.6 is 0 Å². The van der Waals surface area contributed by atoms with Crippen molar-refractivity contribution in [2.75, 3.05) is 0 Å². The summed E-state index contributed by atoms with van der Waals surface area (Å²) in [5.74, 6) is -0.628. The number of nitrogens with one attached hydrogen (secondary N) is 1. The largest absolute Gasteiger partial charge is 0.318 e. The van der Waals surface area contributed by atoms with E-state index in [-0.39, 0.29) is 11.3 Å². The highest BCUT2D eigenvalue weighted by atomic mass is 16.6. The van der Waals surface area contributed by atoms with Crippen LogP contribution in [-0.2, 0) is 0 Å². The molecule has 3 aromatic rings. The fraction of sp³-hybridized carbons (Fsp3) is 0.143. The van der Waals surface area contributed by atoms with Gasteiger partial charge in [0.05, 0.1) is 11.1 Å². The number of amides is 1. The highest BCUT2D eigenvalue weighted by molar-refractivity contribution is 5.98. The molecule has 0 aliphatic heterocycles. The molecule has 0 spiro atoms. The topological polar surface area (TPSA) is 89.5 Å². The van der Waals surface area contributed by atoms with Gasteiger partial charge < -0.3 is 4.57 Å². The average Bonchev–Trinajstić information content (AvgIpc) is 2.95. The maximum atomic E-state index is 12.2. The van der Waals surface area contributed by atoms with E-state index < -0.39 is 10.8 Å². The molecular weight excluding hydrogens is 356 g/mol. The van der Waals surface area contributed by atoms with Crippen molar-refractivity contribution in [1.82, 2.24) is 9.99 Å². The summed E-state index contributed by atoms with van der Waals surface area (Å²) in [5.41, 5.74) is 7.19. The van der Waals surface area contributed by atoms with Gasteiger partial charge in [-0.25, -0.2) is 5.43 Å². The molecule has 1 N–H and O–H groups in total. The van der Waals surface area contributed by atoms with Crippen molar-refractivity contribution in [2.24, 2.45) is 5.10 Å². The van der Waals surface area contributed by atoms with Crippen LogP contribution in [0.1, 0.15) is 32.9 Å². The molecule has 0 saturated heterocycles. The maximum absolute atomic E-state index is 12.2. The van der Waals surface area contributed by atoms with E-state index in [1.54, 1.807) is 12.3 Å². The van der Waals surface area contributed by atoms with Crippen LogP contribution in [0.4, 0.5) is 5.69 Å². The molecule has 0 fully saturated rings. The summed E-state index contributed by atoms with van der Waals surface area (Å²) in [5, 5.41) is 15.0. The van der Waals surface area contributed by atoms with Gasteiger partial charge in [-0.05, 0) is 44.5 Å². The van der Waals surface area contributed by atoms with Crippen LogP contribution in [0, 0.1) is 30.9 Å². The lowest BCUT2D eigenvalue weighted by Gasteiger charge is -2.12. The van der Waals surface area contributed by atoms with Crippen molar-refractivity contribution in [2.45, 2.75) is 20.8 Å². The zero-order valence-corrected chi connectivity index (χ0v) is 15.8. The lowest BCUT2D eigenvalue weighted by Crippen LogP contribution is -2.19. The van der Waals surface area contributed by atoms with Crippen LogP contribution in [0.2, 0.25) is 0 Å². The monoisotopic (exact) mass is 376 g/mol. The van der Waals surface area contributed by atoms with Gasteiger partial charge in [-0.2, -0.15) is 5.10 Å². The predicted octanol–water partition coefficient (Wildman–Crippen LogP) is 4.07. The number of carbonyl (C=O) groups is 1. The van der Waals surface area contributed by atoms with Crippen LogP contribution in [0.25, 0.3) is 5.69 Å². The van der Waals surface area contributed by atoms with Gasteiger partial charge in [0.25, 0.3) is 11.6 Å². The summed E-state index contributed by atoms with van der Waals surface area (Å²) in [6, 6.07) is 15.8. The molecule has 1 aromatic heterocycles. The Balaban J connectivity index is 1.83. The van der Waals surface area contributed by atoms with Gasteiger partial charge in [0.1, 0.15) is 5.56 Å². The molecule has 0 atom stereocenters. The fourth-order valence-corrected chi connectivity index (χ4v) is 3.15. The first-order chi connectivity index (χ1) is 13.4. The van der Waals surface area contributed by atoms with E-state index in [2.05, 4.69) is 28.1 Å². The van der Waals surface area contributed by atoms with Crippen molar-refractivity contribution < 1.29 is 9.72 Å². The number of rotatable bonds is 5.